The van der Waals surface area contributed by atoms with Gasteiger partial charge in [-0.25, -0.2) is 8.42 Å². The third-order valence-corrected chi connectivity index (χ3v) is 5.72. The van der Waals surface area contributed by atoms with Gasteiger partial charge in [-0.3, -0.25) is 14.5 Å². The molecule has 1 N–H and O–H groups in total. The molecule has 0 unspecified atom stereocenters. The van der Waals surface area contributed by atoms with Crippen molar-refractivity contribution in [2.24, 2.45) is 0 Å². The van der Waals surface area contributed by atoms with Gasteiger partial charge < -0.3 is 10.2 Å². The normalized spacial score (nSPS) is 27.5. The second-order valence-corrected chi connectivity index (χ2v) is 8.70. The monoisotopic (exact) mass is 331 g/mol. The highest BCUT2D eigenvalue weighted by Crippen LogP contribution is 2.30. The molecule has 2 aliphatic rings. The maximum Gasteiger partial charge on any atom is 0.223 e. The average Bonchev–Trinajstić information content (AvgIpc) is 2.62. The number of carbonyl (C=O) groups excluding carboxylic acids is 2. The van der Waals surface area contributed by atoms with E-state index in [9.17, 15) is 18.0 Å². The van der Waals surface area contributed by atoms with Gasteiger partial charge in [-0.1, -0.05) is 0 Å². The molecule has 2 heterocycles. The van der Waals surface area contributed by atoms with Crippen LogP contribution in [0.25, 0.3) is 0 Å². The van der Waals surface area contributed by atoms with Crippen molar-refractivity contribution in [2.45, 2.75) is 31.2 Å². The smallest absolute Gasteiger partial charge is 0.223 e. The molecule has 0 aromatic carbocycles. The first-order chi connectivity index (χ1) is 10.2. The Morgan fingerprint density at radius 1 is 1.32 bits per heavy atom. The van der Waals surface area contributed by atoms with E-state index in [-0.39, 0.29) is 29.5 Å². The quantitative estimate of drug-likeness (QED) is 0.734. The van der Waals surface area contributed by atoms with Crippen LogP contribution in [-0.2, 0) is 19.4 Å². The fourth-order valence-electron chi connectivity index (χ4n) is 3.24. The molecule has 0 aromatic heterocycles. The van der Waals surface area contributed by atoms with Crippen LogP contribution in [0.4, 0.5) is 0 Å². The molecule has 0 bridgehead atoms. The van der Waals surface area contributed by atoms with Crippen LogP contribution in [0.5, 0.6) is 0 Å². The lowest BCUT2D eigenvalue weighted by Gasteiger charge is -2.49. The Balaban J connectivity index is 2.03. The number of piperazine rings is 1. The molecular weight excluding hydrogens is 306 g/mol. The molecule has 7 nitrogen and oxygen atoms in total. The maximum atomic E-state index is 12.3. The number of nitrogens with one attached hydrogen (secondary N) is 1. The molecule has 1 atom stereocenters. The number of hydrogen-bond acceptors (Lipinski definition) is 5. The van der Waals surface area contributed by atoms with Crippen molar-refractivity contribution in [3.8, 4) is 0 Å². The summed E-state index contributed by atoms with van der Waals surface area (Å²) in [5.41, 5.74) is -0.182. The summed E-state index contributed by atoms with van der Waals surface area (Å²) in [7, 11) is -1.09. The lowest BCUT2D eigenvalue weighted by molar-refractivity contribution is -0.136. The van der Waals surface area contributed by atoms with Gasteiger partial charge in [0.15, 0.2) is 0 Å². The minimum Gasteiger partial charge on any atom is -0.356 e. The Kier molecular flexibility index (Phi) is 5.11. The number of rotatable bonds is 3. The Labute approximate surface area is 131 Å². The number of nitrogens with zero attached hydrogens (tertiary/aromatic N) is 2. The standard InChI is InChI=1S/C14H25N3O4S/c1-16-8-9-17(13(19)4-10-22(2,20)21)11-14(16)5-3-12(18)15-7-6-14/h3-11H2,1-2H3,(H,15,18)/t14-/m0/s1. The summed E-state index contributed by atoms with van der Waals surface area (Å²) in [6.07, 6.45) is 3.19. The van der Waals surface area contributed by atoms with Crippen LogP contribution >= 0.6 is 0 Å². The third-order valence-electron chi connectivity index (χ3n) is 4.77. The summed E-state index contributed by atoms with van der Waals surface area (Å²) in [4.78, 5) is 27.9. The molecule has 2 rings (SSSR count). The first-order valence-corrected chi connectivity index (χ1v) is 9.71. The Bertz CT molecular complexity index is 548. The van der Waals surface area contributed by atoms with Crippen LogP contribution in [0, 0.1) is 0 Å². The largest absolute Gasteiger partial charge is 0.356 e. The van der Waals surface area contributed by atoms with E-state index >= 15 is 0 Å². The van der Waals surface area contributed by atoms with E-state index in [1.54, 1.807) is 4.90 Å². The number of sulfone groups is 1. The lowest BCUT2D eigenvalue weighted by atomic mass is 9.86. The van der Waals surface area contributed by atoms with Crippen LogP contribution in [0.3, 0.4) is 0 Å². The SMILES string of the molecule is CN1CCN(C(=O)CCS(C)(=O)=O)C[C@]12CCNC(=O)CC2. The number of hydrogen-bond donors (Lipinski definition) is 1. The molecule has 1 spiro atoms. The zero-order valence-corrected chi connectivity index (χ0v) is 14.1. The molecule has 2 aliphatic heterocycles. The highest BCUT2D eigenvalue weighted by molar-refractivity contribution is 7.90. The second-order valence-electron chi connectivity index (χ2n) is 6.44. The summed E-state index contributed by atoms with van der Waals surface area (Å²) >= 11 is 0. The van der Waals surface area contributed by atoms with Crippen molar-refractivity contribution in [3.05, 3.63) is 0 Å². The summed E-state index contributed by atoms with van der Waals surface area (Å²) in [6.45, 7) is 2.55. The Morgan fingerprint density at radius 3 is 2.73 bits per heavy atom. The van der Waals surface area contributed by atoms with E-state index in [4.69, 9.17) is 0 Å². The predicted octanol–water partition coefficient (Wildman–Crippen LogP) is -0.766. The third kappa shape index (κ3) is 4.19. The van der Waals surface area contributed by atoms with Crippen molar-refractivity contribution in [2.75, 3.05) is 45.2 Å². The highest BCUT2D eigenvalue weighted by Gasteiger charge is 2.41. The predicted molar refractivity (Wildman–Crippen MR) is 83.1 cm³/mol. The summed E-state index contributed by atoms with van der Waals surface area (Å²) in [6, 6.07) is 0. The first-order valence-electron chi connectivity index (χ1n) is 7.65. The van der Waals surface area contributed by atoms with Gasteiger partial charge in [0.1, 0.15) is 9.84 Å². The second kappa shape index (κ2) is 6.54. The van der Waals surface area contributed by atoms with Gasteiger partial charge in [-0.15, -0.1) is 0 Å². The molecule has 0 aromatic rings. The van der Waals surface area contributed by atoms with Crippen molar-refractivity contribution in [1.29, 1.82) is 0 Å². The van der Waals surface area contributed by atoms with Crippen LogP contribution in [0.1, 0.15) is 25.7 Å². The summed E-state index contributed by atoms with van der Waals surface area (Å²) in [5.74, 6) is -0.155. The molecule has 0 radical (unpaired) electrons. The zero-order chi connectivity index (χ0) is 16.4. The summed E-state index contributed by atoms with van der Waals surface area (Å²) in [5, 5.41) is 2.88. The van der Waals surface area contributed by atoms with E-state index in [0.29, 0.717) is 26.1 Å². The van der Waals surface area contributed by atoms with Gasteiger partial charge in [-0.2, -0.15) is 0 Å². The minimum atomic E-state index is -3.13. The van der Waals surface area contributed by atoms with Crippen LogP contribution < -0.4 is 5.32 Å². The maximum absolute atomic E-state index is 12.3. The lowest BCUT2D eigenvalue weighted by Crippen LogP contribution is -2.62. The molecule has 0 saturated carbocycles. The van der Waals surface area contributed by atoms with Crippen molar-refractivity contribution in [3.63, 3.8) is 0 Å². The Morgan fingerprint density at radius 2 is 2.05 bits per heavy atom. The Hall–Kier alpha value is -1.15. The van der Waals surface area contributed by atoms with E-state index in [2.05, 4.69) is 10.2 Å². The molecule has 2 saturated heterocycles. The van der Waals surface area contributed by atoms with Gasteiger partial charge in [0, 0.05) is 50.8 Å². The topological polar surface area (TPSA) is 86.8 Å². The van der Waals surface area contributed by atoms with E-state index in [1.807, 2.05) is 7.05 Å². The molecule has 2 fully saturated rings. The van der Waals surface area contributed by atoms with Crippen molar-refractivity contribution in [1.82, 2.24) is 15.1 Å². The van der Waals surface area contributed by atoms with Crippen LogP contribution in [0.2, 0.25) is 0 Å². The van der Waals surface area contributed by atoms with E-state index < -0.39 is 9.84 Å². The van der Waals surface area contributed by atoms with E-state index in [0.717, 1.165) is 25.6 Å². The molecular formula is C14H25N3O4S. The first kappa shape index (κ1) is 17.2. The van der Waals surface area contributed by atoms with Crippen LogP contribution in [-0.4, -0.2) is 80.8 Å². The molecule has 0 aliphatic carbocycles. The molecule has 126 valence electrons. The fourth-order valence-corrected chi connectivity index (χ4v) is 3.79. The van der Waals surface area contributed by atoms with Gasteiger partial charge >= 0.3 is 0 Å². The molecule has 8 heteroatoms. The van der Waals surface area contributed by atoms with E-state index in [1.165, 1.54) is 0 Å². The van der Waals surface area contributed by atoms with Crippen molar-refractivity contribution < 1.29 is 18.0 Å². The minimum absolute atomic E-state index is 0.0375. The molecule has 22 heavy (non-hydrogen) atoms. The van der Waals surface area contributed by atoms with Gasteiger partial charge in [0.2, 0.25) is 11.8 Å². The van der Waals surface area contributed by atoms with Gasteiger partial charge in [0.25, 0.3) is 0 Å². The fraction of sp³-hybridized carbons (Fsp3) is 0.857. The number of likely N-dealkylation sites (N-methyl/N-ethyl adjacent to an activating group) is 1. The molecule has 2 amide bonds. The number of carbonyl (C=O) groups is 2. The van der Waals surface area contributed by atoms with Gasteiger partial charge in [0.05, 0.1) is 5.75 Å². The summed E-state index contributed by atoms with van der Waals surface area (Å²) < 4.78 is 22.4. The van der Waals surface area contributed by atoms with Gasteiger partial charge in [-0.05, 0) is 19.9 Å². The average molecular weight is 331 g/mol. The zero-order valence-electron chi connectivity index (χ0n) is 13.3. The number of amides is 2. The van der Waals surface area contributed by atoms with Crippen LogP contribution in [0.15, 0.2) is 0 Å². The van der Waals surface area contributed by atoms with Crippen molar-refractivity contribution >= 4 is 21.7 Å². The highest BCUT2D eigenvalue weighted by atomic mass is 32.2.